The van der Waals surface area contributed by atoms with E-state index in [1.807, 2.05) is 78.2 Å². The second-order valence-corrected chi connectivity index (χ2v) is 14.2. The third-order valence-corrected chi connectivity index (χ3v) is 7.78. The van der Waals surface area contributed by atoms with Gasteiger partial charge in [-0.25, -0.2) is 9.59 Å². The van der Waals surface area contributed by atoms with E-state index in [1.54, 1.807) is 21.9 Å². The number of nitrogens with two attached hydrogens (primary N) is 1. The summed E-state index contributed by atoms with van der Waals surface area (Å²) in [5.41, 5.74) is 8.64. The molecule has 2 aromatic carbocycles. The van der Waals surface area contributed by atoms with E-state index in [2.05, 4.69) is 43.4 Å². The van der Waals surface area contributed by atoms with Gasteiger partial charge in [-0.2, -0.15) is 10.5 Å². The van der Waals surface area contributed by atoms with Gasteiger partial charge >= 0.3 is 12.2 Å². The first kappa shape index (κ1) is 35.1. The highest BCUT2D eigenvalue weighted by molar-refractivity contribution is 9.10. The third kappa shape index (κ3) is 9.18. The van der Waals surface area contributed by atoms with Crippen molar-refractivity contribution in [2.45, 2.75) is 64.8 Å². The van der Waals surface area contributed by atoms with Crippen molar-refractivity contribution < 1.29 is 19.1 Å². The highest BCUT2D eigenvalue weighted by atomic mass is 79.9. The van der Waals surface area contributed by atoms with Crippen molar-refractivity contribution in [1.29, 1.82) is 10.5 Å². The van der Waals surface area contributed by atoms with E-state index < -0.39 is 11.2 Å². The topological polar surface area (TPSA) is 176 Å². The van der Waals surface area contributed by atoms with Crippen LogP contribution in [-0.2, 0) is 9.47 Å². The molecule has 2 amide bonds. The molecule has 12 nitrogen and oxygen atoms in total. The number of nitriles is 2. The van der Waals surface area contributed by atoms with Crippen molar-refractivity contribution in [2.75, 3.05) is 31.5 Å². The first-order valence-corrected chi connectivity index (χ1v) is 16.0. The second-order valence-electron chi connectivity index (χ2n) is 13.4. The predicted molar refractivity (Wildman–Crippen MR) is 185 cm³/mol. The summed E-state index contributed by atoms with van der Waals surface area (Å²) in [4.78, 5) is 32.6. The lowest BCUT2D eigenvalue weighted by molar-refractivity contribution is 0.00846. The van der Waals surface area contributed by atoms with Crippen LogP contribution in [0.1, 0.15) is 52.7 Å². The first-order chi connectivity index (χ1) is 22.1. The maximum atomic E-state index is 11.9. The van der Waals surface area contributed by atoms with Crippen LogP contribution in [0.3, 0.4) is 0 Å². The van der Waals surface area contributed by atoms with Gasteiger partial charge in [0, 0.05) is 65.5 Å². The molecule has 0 unspecified atom stereocenters. The van der Waals surface area contributed by atoms with Crippen molar-refractivity contribution in [3.05, 3.63) is 64.4 Å². The number of aromatic nitrogens is 2. The Bertz CT molecular complexity index is 1810. The third-order valence-electron chi connectivity index (χ3n) is 7.09. The Morgan fingerprint density at radius 1 is 0.809 bits per heavy atom. The largest absolute Gasteiger partial charge is 0.444 e. The summed E-state index contributed by atoms with van der Waals surface area (Å²) < 4.78 is 11.5. The number of amides is 2. The number of hydrogen-bond donors (Lipinski definition) is 4. The summed E-state index contributed by atoms with van der Waals surface area (Å²) in [6.45, 7) is 13.6. The van der Waals surface area contributed by atoms with E-state index in [-0.39, 0.29) is 24.3 Å². The molecule has 2 fully saturated rings. The minimum Gasteiger partial charge on any atom is -0.444 e. The van der Waals surface area contributed by atoms with Gasteiger partial charge in [0.1, 0.15) is 23.3 Å². The van der Waals surface area contributed by atoms with Crippen LogP contribution in [0.2, 0.25) is 0 Å². The molecule has 0 atom stereocenters. The number of halogens is 1. The van der Waals surface area contributed by atoms with Gasteiger partial charge in [0.05, 0.1) is 28.2 Å². The fraction of sp³-hybridized carbons (Fsp3) is 0.412. The molecule has 5 N–H and O–H groups in total. The van der Waals surface area contributed by atoms with Gasteiger partial charge in [0.2, 0.25) is 0 Å². The van der Waals surface area contributed by atoms with Crippen molar-refractivity contribution in [1.82, 2.24) is 19.8 Å². The minimum absolute atomic E-state index is 0.137. The highest BCUT2D eigenvalue weighted by Gasteiger charge is 2.34. The van der Waals surface area contributed by atoms with Crippen LogP contribution in [0.25, 0.3) is 21.8 Å². The van der Waals surface area contributed by atoms with Gasteiger partial charge in [-0.3, -0.25) is 0 Å². The second kappa shape index (κ2) is 14.4. The van der Waals surface area contributed by atoms with Crippen LogP contribution < -0.4 is 11.1 Å². The van der Waals surface area contributed by atoms with Crippen LogP contribution in [-0.4, -0.2) is 81.4 Å². The number of ether oxygens (including phenoxy) is 2. The number of hydrogen-bond acceptors (Lipinski definition) is 8. The molecular weight excluding hydrogens is 664 g/mol. The van der Waals surface area contributed by atoms with Gasteiger partial charge < -0.3 is 40.3 Å². The number of benzene rings is 2. The number of H-pyrrole nitrogens is 2. The van der Waals surface area contributed by atoms with Crippen LogP contribution in [0, 0.1) is 22.7 Å². The predicted octanol–water partition coefficient (Wildman–Crippen LogP) is 6.44. The lowest BCUT2D eigenvalue weighted by Crippen LogP contribution is -2.58. The minimum atomic E-state index is -0.472. The Labute approximate surface area is 282 Å². The smallest absolute Gasteiger partial charge is 0.410 e. The van der Waals surface area contributed by atoms with Crippen molar-refractivity contribution in [3.63, 3.8) is 0 Å². The van der Waals surface area contributed by atoms with Gasteiger partial charge in [-0.15, -0.1) is 0 Å². The molecule has 0 radical (unpaired) electrons. The zero-order valence-corrected chi connectivity index (χ0v) is 29.1. The summed E-state index contributed by atoms with van der Waals surface area (Å²) in [6, 6.07) is 15.9. The molecule has 0 aliphatic carbocycles. The van der Waals surface area contributed by atoms with Crippen LogP contribution in [0.4, 0.5) is 15.3 Å². The molecule has 0 spiro atoms. The molecule has 6 rings (SSSR count). The summed E-state index contributed by atoms with van der Waals surface area (Å²) in [7, 11) is 0. The monoisotopic (exact) mass is 704 g/mol. The Morgan fingerprint density at radius 3 is 1.77 bits per heavy atom. The Balaban J connectivity index is 0.000000176. The van der Waals surface area contributed by atoms with E-state index in [4.69, 9.17) is 25.7 Å². The molecule has 4 heterocycles. The number of likely N-dealkylation sites (tertiary alicyclic amines) is 2. The number of nitrogens with one attached hydrogen (secondary N) is 3. The van der Waals surface area contributed by atoms with E-state index >= 15 is 0 Å². The lowest BCUT2D eigenvalue weighted by atomic mass is 10.1. The van der Waals surface area contributed by atoms with E-state index in [0.29, 0.717) is 37.3 Å². The Hall–Kier alpha value is -4.72. The average molecular weight is 706 g/mol. The molecule has 47 heavy (non-hydrogen) atoms. The van der Waals surface area contributed by atoms with Crippen molar-refractivity contribution in [2.24, 2.45) is 5.73 Å². The van der Waals surface area contributed by atoms with E-state index in [0.717, 1.165) is 32.0 Å². The first-order valence-electron chi connectivity index (χ1n) is 15.2. The molecule has 0 saturated carbocycles. The van der Waals surface area contributed by atoms with E-state index in [9.17, 15) is 9.59 Å². The van der Waals surface area contributed by atoms with E-state index in [1.165, 1.54) is 0 Å². The van der Waals surface area contributed by atoms with Gasteiger partial charge in [0.15, 0.2) is 0 Å². The van der Waals surface area contributed by atoms with Gasteiger partial charge in [-0.1, -0.05) is 15.9 Å². The fourth-order valence-electron chi connectivity index (χ4n) is 4.84. The Morgan fingerprint density at radius 2 is 1.28 bits per heavy atom. The van der Waals surface area contributed by atoms with Crippen LogP contribution in [0.5, 0.6) is 0 Å². The summed E-state index contributed by atoms with van der Waals surface area (Å²) >= 11 is 3.41. The molecule has 2 aliphatic rings. The SMILES string of the molecule is CC(C)(C)OC(=O)N1CC(N)C1.CC(C)(C)OC(=O)N1CC(Nc2ccc(C#N)c3[nH]ccc23)C1.N#Cc1ccc(Br)c2cc[nH]c12. The molecule has 2 saturated heterocycles. The molecule has 2 aromatic heterocycles. The molecule has 13 heteroatoms. The van der Waals surface area contributed by atoms with Crippen molar-refractivity contribution in [3.8, 4) is 12.1 Å². The maximum Gasteiger partial charge on any atom is 0.410 e. The Kier molecular flexibility index (Phi) is 10.7. The molecule has 248 valence electrons. The zero-order valence-electron chi connectivity index (χ0n) is 27.5. The number of nitrogens with zero attached hydrogens (tertiary/aromatic N) is 4. The van der Waals surface area contributed by atoms with Crippen molar-refractivity contribution >= 4 is 55.6 Å². The average Bonchev–Trinajstić information content (AvgIpc) is 3.63. The summed E-state index contributed by atoms with van der Waals surface area (Å²) in [5.74, 6) is 0. The number of carbonyl (C=O) groups excluding carboxylic acids is 2. The molecule has 4 aromatic rings. The maximum absolute atomic E-state index is 11.9. The zero-order chi connectivity index (χ0) is 34.5. The molecule has 2 aliphatic heterocycles. The number of aromatic amines is 2. The summed E-state index contributed by atoms with van der Waals surface area (Å²) in [5, 5.41) is 23.3. The van der Waals surface area contributed by atoms with Crippen LogP contribution in [0.15, 0.2) is 53.3 Å². The normalized spacial score (nSPS) is 14.8. The number of carbonyl (C=O) groups is 2. The highest BCUT2D eigenvalue weighted by Crippen LogP contribution is 2.28. The standard InChI is InChI=1S/C17H20N4O2.C9H5BrN2.C8H16N2O2/c1-17(2,3)23-16(22)21-9-12(10-21)20-14-5-4-11(8-18)15-13(14)6-7-19-15;10-8-2-1-6(5-11)9-7(8)3-4-12-9;1-8(2,3)12-7(11)10-4-6(9)5-10/h4-7,12,19-20H,9-10H2,1-3H3;1-4,12H;6H,4-5,9H2,1-3H3. The van der Waals surface area contributed by atoms with Gasteiger partial charge in [-0.05, 0) is 77.9 Å². The number of anilines is 1. The lowest BCUT2D eigenvalue weighted by Gasteiger charge is -2.40. The number of fused-ring (bicyclic) bond motifs is 2. The fourth-order valence-corrected chi connectivity index (χ4v) is 5.31. The molecular formula is C34H41BrN8O4. The summed E-state index contributed by atoms with van der Waals surface area (Å²) in [6.07, 6.45) is 3.12. The van der Waals surface area contributed by atoms with Gasteiger partial charge in [0.25, 0.3) is 0 Å². The van der Waals surface area contributed by atoms with Crippen LogP contribution >= 0.6 is 15.9 Å². The molecule has 0 bridgehead atoms. The number of rotatable bonds is 2. The quantitative estimate of drug-likeness (QED) is 0.184.